The van der Waals surface area contributed by atoms with Crippen molar-refractivity contribution in [2.24, 2.45) is 11.8 Å². The molecule has 106 valence electrons. The molecule has 0 fully saturated rings. The Balaban J connectivity index is 3.05. The molecular formula is C10H14F6N2. The van der Waals surface area contributed by atoms with Crippen molar-refractivity contribution < 1.29 is 26.3 Å². The van der Waals surface area contributed by atoms with Crippen molar-refractivity contribution in [3.05, 3.63) is 11.6 Å². The molecule has 1 rings (SSSR count). The number of hydrogen-bond donors (Lipinski definition) is 2. The second-order valence-corrected chi connectivity index (χ2v) is 4.23. The van der Waals surface area contributed by atoms with Crippen molar-refractivity contribution in [2.45, 2.75) is 44.1 Å². The summed E-state index contributed by atoms with van der Waals surface area (Å²) in [6.07, 6.45) is -7.32. The van der Waals surface area contributed by atoms with Crippen LogP contribution in [0.15, 0.2) is 11.6 Å². The van der Waals surface area contributed by atoms with Crippen LogP contribution in [0.4, 0.5) is 26.3 Å². The standard InChI is InChI=1S/C10H14F6N2/c11-9(12,13)8(10(14,15)16)7(18-17)6-4-2-1-3-5-6/h4,7-8,18H,1-3,5,17H2. The molecule has 1 aliphatic carbocycles. The summed E-state index contributed by atoms with van der Waals surface area (Å²) >= 11 is 0. The summed E-state index contributed by atoms with van der Waals surface area (Å²) in [5, 5.41) is 0. The molecule has 0 saturated heterocycles. The normalized spacial score (nSPS) is 19.9. The first-order valence-corrected chi connectivity index (χ1v) is 5.46. The molecule has 0 heterocycles. The largest absolute Gasteiger partial charge is 0.402 e. The highest BCUT2D eigenvalue weighted by Crippen LogP contribution is 2.43. The Morgan fingerprint density at radius 2 is 1.61 bits per heavy atom. The molecule has 1 unspecified atom stereocenters. The molecule has 0 spiro atoms. The average Bonchev–Trinajstić information content (AvgIpc) is 2.23. The lowest BCUT2D eigenvalue weighted by Gasteiger charge is -2.32. The third-order valence-electron chi connectivity index (χ3n) is 2.94. The van der Waals surface area contributed by atoms with Crippen molar-refractivity contribution in [1.29, 1.82) is 0 Å². The van der Waals surface area contributed by atoms with E-state index in [2.05, 4.69) is 0 Å². The van der Waals surface area contributed by atoms with Crippen LogP contribution < -0.4 is 11.3 Å². The van der Waals surface area contributed by atoms with Gasteiger partial charge in [-0.3, -0.25) is 11.3 Å². The van der Waals surface area contributed by atoms with Gasteiger partial charge in [0.1, 0.15) is 0 Å². The van der Waals surface area contributed by atoms with Gasteiger partial charge >= 0.3 is 12.4 Å². The van der Waals surface area contributed by atoms with Crippen LogP contribution in [0.1, 0.15) is 25.7 Å². The predicted molar refractivity (Wildman–Crippen MR) is 53.3 cm³/mol. The highest BCUT2D eigenvalue weighted by atomic mass is 19.4. The van der Waals surface area contributed by atoms with E-state index in [4.69, 9.17) is 5.84 Å². The van der Waals surface area contributed by atoms with Gasteiger partial charge < -0.3 is 0 Å². The van der Waals surface area contributed by atoms with Crippen molar-refractivity contribution in [1.82, 2.24) is 5.43 Å². The van der Waals surface area contributed by atoms with Crippen molar-refractivity contribution in [3.8, 4) is 0 Å². The summed E-state index contributed by atoms with van der Waals surface area (Å²) in [5.74, 6) is 1.43. The van der Waals surface area contributed by atoms with E-state index in [1.807, 2.05) is 0 Å². The van der Waals surface area contributed by atoms with Gasteiger partial charge in [0.05, 0.1) is 6.04 Å². The maximum atomic E-state index is 12.6. The van der Waals surface area contributed by atoms with Crippen LogP contribution in [0, 0.1) is 5.92 Å². The summed E-state index contributed by atoms with van der Waals surface area (Å²) in [6.45, 7) is 0. The SMILES string of the molecule is NNC(C1=CCCCC1)C(C(F)(F)F)C(F)(F)F. The highest BCUT2D eigenvalue weighted by Gasteiger charge is 2.60. The van der Waals surface area contributed by atoms with Crippen molar-refractivity contribution in [2.75, 3.05) is 0 Å². The van der Waals surface area contributed by atoms with E-state index in [1.54, 1.807) is 5.43 Å². The minimum absolute atomic E-state index is 0.0865. The van der Waals surface area contributed by atoms with Gasteiger partial charge in [0, 0.05) is 0 Å². The van der Waals surface area contributed by atoms with Crippen LogP contribution in [-0.2, 0) is 0 Å². The van der Waals surface area contributed by atoms with Gasteiger partial charge in [-0.2, -0.15) is 26.3 Å². The lowest BCUT2D eigenvalue weighted by Crippen LogP contribution is -2.54. The lowest BCUT2D eigenvalue weighted by molar-refractivity contribution is -0.289. The average molecular weight is 276 g/mol. The number of nitrogens with two attached hydrogens (primary N) is 1. The van der Waals surface area contributed by atoms with Gasteiger partial charge in [-0.25, -0.2) is 0 Å². The summed E-state index contributed by atoms with van der Waals surface area (Å²) in [4.78, 5) is 0. The summed E-state index contributed by atoms with van der Waals surface area (Å²) in [6, 6.07) is -1.94. The summed E-state index contributed by atoms with van der Waals surface area (Å²) < 4.78 is 75.4. The molecule has 0 aliphatic heterocycles. The molecule has 0 bridgehead atoms. The topological polar surface area (TPSA) is 38.0 Å². The Labute approximate surface area is 100 Å². The Hall–Kier alpha value is -0.760. The van der Waals surface area contributed by atoms with Crippen LogP contribution in [0.25, 0.3) is 0 Å². The molecule has 1 aliphatic rings. The van der Waals surface area contributed by atoms with Crippen LogP contribution in [-0.4, -0.2) is 18.4 Å². The molecular weight excluding hydrogens is 262 g/mol. The fraction of sp³-hybridized carbons (Fsp3) is 0.800. The first kappa shape index (κ1) is 15.3. The maximum Gasteiger partial charge on any atom is 0.402 e. The zero-order valence-electron chi connectivity index (χ0n) is 9.41. The molecule has 0 radical (unpaired) electrons. The zero-order valence-corrected chi connectivity index (χ0v) is 9.41. The van der Waals surface area contributed by atoms with Gasteiger partial charge in [0.15, 0.2) is 5.92 Å². The number of alkyl halides is 6. The van der Waals surface area contributed by atoms with Gasteiger partial charge in [-0.15, -0.1) is 0 Å². The second kappa shape index (κ2) is 5.48. The number of halogens is 6. The van der Waals surface area contributed by atoms with E-state index >= 15 is 0 Å². The second-order valence-electron chi connectivity index (χ2n) is 4.23. The molecule has 1 atom stereocenters. The molecule has 0 aromatic rings. The summed E-state index contributed by atoms with van der Waals surface area (Å²) in [5.41, 5.74) is 1.76. The Morgan fingerprint density at radius 1 is 1.06 bits per heavy atom. The van der Waals surface area contributed by atoms with E-state index in [1.165, 1.54) is 6.08 Å². The van der Waals surface area contributed by atoms with E-state index in [0.29, 0.717) is 12.8 Å². The number of rotatable bonds is 3. The van der Waals surface area contributed by atoms with Crippen LogP contribution in [0.2, 0.25) is 0 Å². The third-order valence-corrected chi connectivity index (χ3v) is 2.94. The first-order chi connectivity index (χ1) is 8.18. The molecule has 2 nitrogen and oxygen atoms in total. The van der Waals surface area contributed by atoms with E-state index in [9.17, 15) is 26.3 Å². The highest BCUT2D eigenvalue weighted by molar-refractivity contribution is 5.16. The van der Waals surface area contributed by atoms with E-state index < -0.39 is 24.3 Å². The monoisotopic (exact) mass is 276 g/mol. The molecule has 18 heavy (non-hydrogen) atoms. The zero-order chi connectivity index (χ0) is 14.0. The Morgan fingerprint density at radius 3 is 1.94 bits per heavy atom. The maximum absolute atomic E-state index is 12.6. The van der Waals surface area contributed by atoms with Gasteiger partial charge in [-0.1, -0.05) is 11.6 Å². The third kappa shape index (κ3) is 3.61. The molecule has 8 heteroatoms. The van der Waals surface area contributed by atoms with Gasteiger partial charge in [0.25, 0.3) is 0 Å². The lowest BCUT2D eigenvalue weighted by atomic mass is 9.86. The predicted octanol–water partition coefficient (Wildman–Crippen LogP) is 3.06. The quantitative estimate of drug-likeness (QED) is 0.360. The fourth-order valence-corrected chi connectivity index (χ4v) is 2.13. The number of hydrazine groups is 1. The van der Waals surface area contributed by atoms with Crippen LogP contribution in [0.5, 0.6) is 0 Å². The van der Waals surface area contributed by atoms with Crippen LogP contribution in [0.3, 0.4) is 0 Å². The fourth-order valence-electron chi connectivity index (χ4n) is 2.13. The minimum atomic E-state index is -5.38. The molecule has 3 N–H and O–H groups in total. The molecule has 0 aromatic heterocycles. The molecule has 0 amide bonds. The number of hydrogen-bond acceptors (Lipinski definition) is 2. The first-order valence-electron chi connectivity index (χ1n) is 5.46. The number of nitrogens with one attached hydrogen (secondary N) is 1. The Bertz CT molecular complexity index is 292. The molecule has 0 aromatic carbocycles. The van der Waals surface area contributed by atoms with Crippen molar-refractivity contribution in [3.63, 3.8) is 0 Å². The van der Waals surface area contributed by atoms with E-state index in [0.717, 1.165) is 6.42 Å². The van der Waals surface area contributed by atoms with E-state index in [-0.39, 0.29) is 12.0 Å². The number of allylic oxidation sites excluding steroid dienone is 1. The smallest absolute Gasteiger partial charge is 0.271 e. The minimum Gasteiger partial charge on any atom is -0.271 e. The molecule has 0 saturated carbocycles. The summed E-state index contributed by atoms with van der Waals surface area (Å²) in [7, 11) is 0. The van der Waals surface area contributed by atoms with Gasteiger partial charge in [0.2, 0.25) is 0 Å². The van der Waals surface area contributed by atoms with Crippen LogP contribution >= 0.6 is 0 Å². The van der Waals surface area contributed by atoms with Gasteiger partial charge in [-0.05, 0) is 25.7 Å². The van der Waals surface area contributed by atoms with Crippen molar-refractivity contribution >= 4 is 0 Å². The Kier molecular flexibility index (Phi) is 4.66.